The van der Waals surface area contributed by atoms with E-state index in [-0.39, 0.29) is 22.8 Å². The number of nitriles is 1. The van der Waals surface area contributed by atoms with Gasteiger partial charge in [-0.25, -0.2) is 12.1 Å². The van der Waals surface area contributed by atoms with E-state index < -0.39 is 17.3 Å². The van der Waals surface area contributed by atoms with Crippen molar-refractivity contribution in [3.63, 3.8) is 0 Å². The van der Waals surface area contributed by atoms with E-state index in [9.17, 15) is 13.2 Å². The summed E-state index contributed by atoms with van der Waals surface area (Å²) in [7, 11) is 0. The molecule has 3 aromatic rings. The van der Waals surface area contributed by atoms with E-state index in [2.05, 4.69) is 0 Å². The van der Waals surface area contributed by atoms with Crippen molar-refractivity contribution in [3.05, 3.63) is 83.9 Å². The van der Waals surface area contributed by atoms with E-state index in [1.807, 2.05) is 30.3 Å². The van der Waals surface area contributed by atoms with Gasteiger partial charge >= 0.3 is 23.2 Å². The number of nitrogens with zero attached hydrogens (tertiary/aromatic N) is 1. The molecular weight excluding hydrogens is 359 g/mol. The van der Waals surface area contributed by atoms with Crippen molar-refractivity contribution in [2.45, 2.75) is 6.18 Å². The van der Waals surface area contributed by atoms with Crippen LogP contribution >= 0.6 is 0 Å². The molecule has 0 heterocycles. The van der Waals surface area contributed by atoms with E-state index >= 15 is 0 Å². The van der Waals surface area contributed by atoms with Gasteiger partial charge in [-0.15, -0.1) is 6.07 Å². The van der Waals surface area contributed by atoms with E-state index in [0.717, 1.165) is 6.07 Å². The second-order valence-electron chi connectivity index (χ2n) is 4.47. The number of alkyl halides is 3. The second kappa shape index (κ2) is 8.97. The van der Waals surface area contributed by atoms with Crippen molar-refractivity contribution >= 4 is 0 Å². The van der Waals surface area contributed by atoms with Crippen LogP contribution in [0.5, 0.6) is 11.5 Å². The fraction of sp³-hybridized carbons (Fsp3) is 0.0556. The zero-order valence-corrected chi connectivity index (χ0v) is 13.4. The minimum atomic E-state index is -4.63. The Hall–Kier alpha value is -2.48. The maximum Gasteiger partial charge on any atom is 2.00 e. The molecule has 0 radical (unpaired) electrons. The monoisotopic (exact) mass is 371 g/mol. The Bertz CT molecular complexity index is 739. The van der Waals surface area contributed by atoms with Gasteiger partial charge in [0, 0.05) is 0 Å². The van der Waals surface area contributed by atoms with E-state index in [0.29, 0.717) is 5.75 Å². The van der Waals surface area contributed by atoms with Gasteiger partial charge in [-0.05, 0) is 17.9 Å². The summed E-state index contributed by atoms with van der Waals surface area (Å²) in [5.74, 6) is -0.0664. The maximum absolute atomic E-state index is 12.9. The molecule has 0 fully saturated rings. The third-order valence-electron chi connectivity index (χ3n) is 2.85. The fourth-order valence-corrected chi connectivity index (χ4v) is 1.87. The molecule has 3 rings (SSSR count). The topological polar surface area (TPSA) is 33.0 Å². The Morgan fingerprint density at radius 3 is 2.12 bits per heavy atom. The summed E-state index contributed by atoms with van der Waals surface area (Å²) in [5, 5.41) is 8.73. The van der Waals surface area contributed by atoms with Gasteiger partial charge in [0.1, 0.15) is 11.3 Å². The first-order valence-electron chi connectivity index (χ1n) is 6.69. The largest absolute Gasteiger partial charge is 2.00 e. The Labute approximate surface area is 148 Å². The van der Waals surface area contributed by atoms with Crippen LogP contribution in [0.25, 0.3) is 0 Å². The molecular formula is C18H12F3FeNO. The van der Waals surface area contributed by atoms with Gasteiger partial charge in [0.25, 0.3) is 0 Å². The molecule has 3 aromatic carbocycles. The van der Waals surface area contributed by atoms with Crippen LogP contribution in [0, 0.1) is 11.3 Å². The zero-order valence-electron chi connectivity index (χ0n) is 12.3. The predicted octanol–water partition coefficient (Wildman–Crippen LogP) is 5.49. The van der Waals surface area contributed by atoms with Crippen LogP contribution < -0.4 is 4.74 Å². The summed E-state index contributed by atoms with van der Waals surface area (Å²) in [4.78, 5) is 0. The molecule has 0 bridgehead atoms. The molecule has 0 saturated carbocycles. The first kappa shape index (κ1) is 19.6. The molecule has 0 N–H and O–H groups in total. The van der Waals surface area contributed by atoms with Crippen LogP contribution in [-0.4, -0.2) is 0 Å². The molecule has 24 heavy (non-hydrogen) atoms. The Balaban J connectivity index is 0.000000412. The fourth-order valence-electron chi connectivity index (χ4n) is 1.87. The van der Waals surface area contributed by atoms with E-state index in [4.69, 9.17) is 10.00 Å². The predicted molar refractivity (Wildman–Crippen MR) is 80.3 cm³/mol. The molecule has 0 aromatic heterocycles. The van der Waals surface area contributed by atoms with Crippen molar-refractivity contribution in [1.82, 2.24) is 0 Å². The van der Waals surface area contributed by atoms with Crippen LogP contribution in [0.1, 0.15) is 11.1 Å². The summed E-state index contributed by atoms with van der Waals surface area (Å²) in [6.45, 7) is 0. The summed E-state index contributed by atoms with van der Waals surface area (Å²) in [6, 6.07) is 21.6. The second-order valence-corrected chi connectivity index (χ2v) is 4.47. The summed E-state index contributed by atoms with van der Waals surface area (Å²) < 4.78 is 43.8. The third-order valence-corrected chi connectivity index (χ3v) is 2.85. The maximum atomic E-state index is 12.9. The number of halogens is 3. The molecule has 0 aliphatic rings. The molecule has 0 aliphatic carbocycles. The third kappa shape index (κ3) is 5.31. The summed E-state index contributed by atoms with van der Waals surface area (Å²) in [6.07, 6.45) is -4.63. The van der Waals surface area contributed by atoms with Crippen LogP contribution in [0.4, 0.5) is 13.2 Å². The van der Waals surface area contributed by atoms with Gasteiger partial charge in [0.05, 0.1) is 11.6 Å². The van der Waals surface area contributed by atoms with E-state index in [1.54, 1.807) is 24.3 Å². The average molecular weight is 371 g/mol. The number of hydrogen-bond acceptors (Lipinski definition) is 2. The molecule has 6 heteroatoms. The van der Waals surface area contributed by atoms with Crippen LogP contribution in [-0.2, 0) is 23.2 Å². The molecule has 0 aliphatic heterocycles. The van der Waals surface area contributed by atoms with Crippen molar-refractivity contribution in [2.24, 2.45) is 0 Å². The molecule has 0 unspecified atom stereocenters. The van der Waals surface area contributed by atoms with Crippen molar-refractivity contribution < 1.29 is 35.0 Å². The van der Waals surface area contributed by atoms with Gasteiger partial charge in [-0.3, -0.25) is 0 Å². The molecule has 0 spiro atoms. The van der Waals surface area contributed by atoms with E-state index in [1.165, 1.54) is 18.2 Å². The number of benzene rings is 1. The zero-order chi connectivity index (χ0) is 16.7. The van der Waals surface area contributed by atoms with Gasteiger partial charge in [-0.2, -0.15) is 54.8 Å². The SMILES string of the molecule is N#Cc1cccc(Oc2cc[cH-]c2)c1C(F)(F)F.[Fe+2].c1cc[cH-]c1. The van der Waals surface area contributed by atoms with Crippen molar-refractivity contribution in [2.75, 3.05) is 0 Å². The molecule has 0 atom stereocenters. The Morgan fingerprint density at radius 1 is 0.958 bits per heavy atom. The Kier molecular flexibility index (Phi) is 7.31. The van der Waals surface area contributed by atoms with Crippen LogP contribution in [0.2, 0.25) is 0 Å². The first-order chi connectivity index (χ1) is 11.0. The summed E-state index contributed by atoms with van der Waals surface area (Å²) in [5.41, 5.74) is -1.50. The average Bonchev–Trinajstić information content (AvgIpc) is 3.21. The normalized spacial score (nSPS) is 9.92. The smallest absolute Gasteiger partial charge is 0.528 e. The standard InChI is InChI=1S/C13H7F3NO.C5H5.Fe/c14-13(15,16)12-9(8-17)4-3-7-11(12)18-10-5-1-2-6-10;1-2-4-5-3-1;/h1-7H;1-5H;/q2*-1;+2. The quantitative estimate of drug-likeness (QED) is 0.441. The number of hydrogen-bond donors (Lipinski definition) is 0. The van der Waals surface area contributed by atoms with Gasteiger partial charge in [0.2, 0.25) is 0 Å². The van der Waals surface area contributed by atoms with Gasteiger partial charge in [-0.1, -0.05) is 6.07 Å². The molecule has 2 nitrogen and oxygen atoms in total. The minimum absolute atomic E-state index is 0. The summed E-state index contributed by atoms with van der Waals surface area (Å²) >= 11 is 0. The van der Waals surface area contributed by atoms with Crippen LogP contribution in [0.3, 0.4) is 0 Å². The van der Waals surface area contributed by atoms with Crippen molar-refractivity contribution in [3.8, 4) is 17.6 Å². The number of ether oxygens (including phenoxy) is 1. The van der Waals surface area contributed by atoms with Crippen LogP contribution in [0.15, 0.2) is 72.8 Å². The van der Waals surface area contributed by atoms with Gasteiger partial charge < -0.3 is 4.74 Å². The Morgan fingerprint density at radius 2 is 1.67 bits per heavy atom. The molecule has 0 saturated heterocycles. The minimum Gasteiger partial charge on any atom is -0.528 e. The van der Waals surface area contributed by atoms with Crippen molar-refractivity contribution in [1.29, 1.82) is 5.26 Å². The van der Waals surface area contributed by atoms with Gasteiger partial charge in [0.15, 0.2) is 0 Å². The molecule has 124 valence electrons. The number of rotatable bonds is 2. The first-order valence-corrected chi connectivity index (χ1v) is 6.69. The molecule has 0 amide bonds.